The molecule has 1 atom stereocenters. The Labute approximate surface area is 90.0 Å². The summed E-state index contributed by atoms with van der Waals surface area (Å²) in [6, 6.07) is -0.0478. The molecule has 1 amide bonds. The van der Waals surface area contributed by atoms with Crippen molar-refractivity contribution in [2.45, 2.75) is 26.3 Å². The highest BCUT2D eigenvalue weighted by molar-refractivity contribution is 5.87. The van der Waals surface area contributed by atoms with Crippen molar-refractivity contribution >= 4 is 11.9 Å². The number of esters is 1. The fraction of sp³-hybridized carbons (Fsp3) is 0.455. The van der Waals surface area contributed by atoms with E-state index in [0.29, 0.717) is 12.0 Å². The molecule has 0 bridgehead atoms. The second-order valence-electron chi connectivity index (χ2n) is 3.32. The summed E-state index contributed by atoms with van der Waals surface area (Å²) in [6.07, 6.45) is 1.77. The minimum atomic E-state index is -0.405. The van der Waals surface area contributed by atoms with Gasteiger partial charge in [-0.05, 0) is 19.9 Å². The summed E-state index contributed by atoms with van der Waals surface area (Å²) in [4.78, 5) is 21.9. The van der Waals surface area contributed by atoms with Gasteiger partial charge in [-0.2, -0.15) is 0 Å². The van der Waals surface area contributed by atoms with Crippen molar-refractivity contribution in [1.82, 2.24) is 5.32 Å². The molecule has 0 spiro atoms. The lowest BCUT2D eigenvalue weighted by Crippen LogP contribution is -2.32. The van der Waals surface area contributed by atoms with Crippen LogP contribution in [0.2, 0.25) is 0 Å². The van der Waals surface area contributed by atoms with Gasteiger partial charge in [-0.15, -0.1) is 0 Å². The summed E-state index contributed by atoms with van der Waals surface area (Å²) < 4.78 is 4.87. The molecule has 84 valence electrons. The van der Waals surface area contributed by atoms with E-state index in [0.717, 1.165) is 0 Å². The van der Waals surface area contributed by atoms with Gasteiger partial charge in [-0.25, -0.2) is 4.79 Å². The van der Waals surface area contributed by atoms with Crippen molar-refractivity contribution in [1.29, 1.82) is 0 Å². The summed E-state index contributed by atoms with van der Waals surface area (Å²) in [6.45, 7) is 10.5. The van der Waals surface area contributed by atoms with Crippen molar-refractivity contribution in [2.75, 3.05) is 6.61 Å². The summed E-state index contributed by atoms with van der Waals surface area (Å²) in [5.74, 6) is -0.633. The molecule has 0 fully saturated rings. The first-order chi connectivity index (χ1) is 6.97. The second kappa shape index (κ2) is 6.81. The first kappa shape index (κ1) is 13.4. The Hall–Kier alpha value is -1.58. The lowest BCUT2D eigenvalue weighted by Gasteiger charge is -2.12. The molecule has 15 heavy (non-hydrogen) atoms. The van der Waals surface area contributed by atoms with Gasteiger partial charge in [0.25, 0.3) is 0 Å². The lowest BCUT2D eigenvalue weighted by atomic mass is 10.2. The van der Waals surface area contributed by atoms with E-state index in [4.69, 9.17) is 4.74 Å². The van der Waals surface area contributed by atoms with Gasteiger partial charge in [0.15, 0.2) is 0 Å². The van der Waals surface area contributed by atoms with Crippen molar-refractivity contribution in [2.24, 2.45) is 0 Å². The Balaban J connectivity index is 3.68. The third kappa shape index (κ3) is 6.49. The Morgan fingerprint density at radius 2 is 2.13 bits per heavy atom. The lowest BCUT2D eigenvalue weighted by molar-refractivity contribution is -0.139. The molecule has 4 heteroatoms. The number of ether oxygens (including phenoxy) is 1. The Kier molecular flexibility index (Phi) is 6.09. The van der Waals surface area contributed by atoms with Gasteiger partial charge in [0.05, 0.1) is 6.61 Å². The fourth-order valence-electron chi connectivity index (χ4n) is 0.826. The van der Waals surface area contributed by atoms with E-state index in [1.807, 2.05) is 6.92 Å². The van der Waals surface area contributed by atoms with Crippen LogP contribution in [0.15, 0.2) is 24.8 Å². The summed E-state index contributed by atoms with van der Waals surface area (Å²) in [5, 5.41) is 2.66. The first-order valence-corrected chi connectivity index (χ1v) is 4.73. The molecule has 1 unspecified atom stereocenters. The zero-order valence-electron chi connectivity index (χ0n) is 9.21. The van der Waals surface area contributed by atoms with Gasteiger partial charge in [-0.1, -0.05) is 13.2 Å². The van der Waals surface area contributed by atoms with Crippen LogP contribution in [0, 0.1) is 0 Å². The van der Waals surface area contributed by atoms with Crippen LogP contribution in [0.25, 0.3) is 0 Å². The van der Waals surface area contributed by atoms with Gasteiger partial charge < -0.3 is 10.1 Å². The van der Waals surface area contributed by atoms with Crippen LogP contribution < -0.4 is 5.32 Å². The van der Waals surface area contributed by atoms with Gasteiger partial charge in [-0.3, -0.25) is 4.79 Å². The van der Waals surface area contributed by atoms with Crippen LogP contribution in [0.1, 0.15) is 20.3 Å². The Bertz CT molecular complexity index is 271. The van der Waals surface area contributed by atoms with Gasteiger partial charge in [0.1, 0.15) is 0 Å². The Morgan fingerprint density at radius 3 is 2.60 bits per heavy atom. The number of hydrogen-bond donors (Lipinski definition) is 1. The quantitative estimate of drug-likeness (QED) is 0.530. The zero-order valence-corrected chi connectivity index (χ0v) is 9.21. The molecular weight excluding hydrogens is 194 g/mol. The van der Waals surface area contributed by atoms with E-state index in [1.54, 1.807) is 6.92 Å². The largest absolute Gasteiger partial charge is 0.462 e. The van der Waals surface area contributed by atoms with Gasteiger partial charge in [0.2, 0.25) is 5.91 Å². The molecular formula is C11H17NO3. The topological polar surface area (TPSA) is 55.4 Å². The van der Waals surface area contributed by atoms with E-state index in [2.05, 4.69) is 18.5 Å². The predicted octanol–water partition coefficient (Wildman–Crippen LogP) is 1.19. The molecule has 0 saturated heterocycles. The van der Waals surface area contributed by atoms with Crippen LogP contribution >= 0.6 is 0 Å². The van der Waals surface area contributed by atoms with Crippen LogP contribution in [0.5, 0.6) is 0 Å². The summed E-state index contributed by atoms with van der Waals surface area (Å²) in [5.41, 5.74) is 0.373. The standard InChI is InChI=1S/C11H17NO3/c1-5-10(13)12-9(4)6-7-15-11(14)8(2)3/h5,9H,1-2,6-7H2,3-4H3,(H,12,13). The minimum Gasteiger partial charge on any atom is -0.462 e. The maximum absolute atomic E-state index is 11.0. The molecule has 0 aromatic carbocycles. The SMILES string of the molecule is C=CC(=O)NC(C)CCOC(=O)C(=C)C. The predicted molar refractivity (Wildman–Crippen MR) is 58.2 cm³/mol. The molecule has 0 aliphatic rings. The zero-order chi connectivity index (χ0) is 11.8. The van der Waals surface area contributed by atoms with Crippen LogP contribution in [-0.4, -0.2) is 24.5 Å². The van der Waals surface area contributed by atoms with E-state index in [9.17, 15) is 9.59 Å². The Morgan fingerprint density at radius 1 is 1.53 bits per heavy atom. The molecule has 0 rings (SSSR count). The maximum Gasteiger partial charge on any atom is 0.333 e. The molecule has 4 nitrogen and oxygen atoms in total. The smallest absolute Gasteiger partial charge is 0.333 e. The highest BCUT2D eigenvalue weighted by Crippen LogP contribution is 1.96. The maximum atomic E-state index is 11.0. The van der Waals surface area contributed by atoms with Crippen molar-refractivity contribution < 1.29 is 14.3 Å². The van der Waals surface area contributed by atoms with Crippen molar-refractivity contribution in [3.8, 4) is 0 Å². The monoisotopic (exact) mass is 211 g/mol. The number of carbonyl (C=O) groups excluding carboxylic acids is 2. The van der Waals surface area contributed by atoms with Crippen molar-refractivity contribution in [3.63, 3.8) is 0 Å². The summed E-state index contributed by atoms with van der Waals surface area (Å²) >= 11 is 0. The molecule has 0 aliphatic heterocycles. The van der Waals surface area contributed by atoms with Crippen LogP contribution in [0.3, 0.4) is 0 Å². The molecule has 1 N–H and O–H groups in total. The average Bonchev–Trinajstić information content (AvgIpc) is 2.17. The number of rotatable bonds is 6. The second-order valence-corrected chi connectivity index (χ2v) is 3.32. The third-order valence-corrected chi connectivity index (χ3v) is 1.71. The van der Waals surface area contributed by atoms with E-state index >= 15 is 0 Å². The van der Waals surface area contributed by atoms with Gasteiger partial charge >= 0.3 is 5.97 Å². The molecule has 0 aromatic heterocycles. The molecule has 0 saturated carbocycles. The molecule has 0 aromatic rings. The highest BCUT2D eigenvalue weighted by Gasteiger charge is 2.07. The normalized spacial score (nSPS) is 11.3. The van der Waals surface area contributed by atoms with E-state index in [1.165, 1.54) is 6.08 Å². The average molecular weight is 211 g/mol. The van der Waals surface area contributed by atoms with E-state index < -0.39 is 5.97 Å². The number of nitrogens with one attached hydrogen (secondary N) is 1. The van der Waals surface area contributed by atoms with Crippen molar-refractivity contribution in [3.05, 3.63) is 24.8 Å². The molecule has 0 radical (unpaired) electrons. The first-order valence-electron chi connectivity index (χ1n) is 4.73. The summed E-state index contributed by atoms with van der Waals surface area (Å²) in [7, 11) is 0. The van der Waals surface area contributed by atoms with Gasteiger partial charge in [0, 0.05) is 18.0 Å². The van der Waals surface area contributed by atoms with E-state index in [-0.39, 0.29) is 18.6 Å². The fourth-order valence-corrected chi connectivity index (χ4v) is 0.826. The third-order valence-electron chi connectivity index (χ3n) is 1.71. The molecule has 0 heterocycles. The number of amides is 1. The minimum absolute atomic E-state index is 0.0478. The highest BCUT2D eigenvalue weighted by atomic mass is 16.5. The molecule has 0 aliphatic carbocycles. The number of hydrogen-bond acceptors (Lipinski definition) is 3. The number of carbonyl (C=O) groups is 2. The van der Waals surface area contributed by atoms with Crippen LogP contribution in [-0.2, 0) is 14.3 Å². The van der Waals surface area contributed by atoms with Crippen LogP contribution in [0.4, 0.5) is 0 Å².